The number of benzene rings is 1. The highest BCUT2D eigenvalue weighted by molar-refractivity contribution is 5.94. The van der Waals surface area contributed by atoms with Crippen LogP contribution in [0.4, 0.5) is 13.2 Å². The van der Waals surface area contributed by atoms with Gasteiger partial charge in [0.15, 0.2) is 5.96 Å². The average Bonchev–Trinajstić information content (AvgIpc) is 2.50. The number of hydrogen-bond donors (Lipinski definition) is 3. The van der Waals surface area contributed by atoms with Crippen LogP contribution in [0.3, 0.4) is 0 Å². The Hall–Kier alpha value is -2.25. The van der Waals surface area contributed by atoms with Gasteiger partial charge in [-0.25, -0.2) is 0 Å². The summed E-state index contributed by atoms with van der Waals surface area (Å²) in [6.45, 7) is 5.48. The molecule has 0 saturated heterocycles. The highest BCUT2D eigenvalue weighted by Gasteiger charge is 2.30. The molecule has 0 fully saturated rings. The monoisotopic (exact) mass is 344 g/mol. The third-order valence-corrected chi connectivity index (χ3v) is 3.18. The summed E-state index contributed by atoms with van der Waals surface area (Å²) in [4.78, 5) is 16.0. The minimum Gasteiger partial charge on any atom is -0.370 e. The molecular weight excluding hydrogens is 321 g/mol. The molecule has 0 aromatic heterocycles. The van der Waals surface area contributed by atoms with Crippen LogP contribution in [0.25, 0.3) is 0 Å². The van der Waals surface area contributed by atoms with Gasteiger partial charge in [0.25, 0.3) is 5.91 Å². The van der Waals surface area contributed by atoms with Gasteiger partial charge >= 0.3 is 6.18 Å². The largest absolute Gasteiger partial charge is 0.416 e. The van der Waals surface area contributed by atoms with Crippen molar-refractivity contribution in [2.45, 2.75) is 26.4 Å². The lowest BCUT2D eigenvalue weighted by Gasteiger charge is -2.09. The molecular formula is C16H23F3N4O. The topological polar surface area (TPSA) is 79.5 Å². The maximum absolute atomic E-state index is 12.4. The zero-order chi connectivity index (χ0) is 18.2. The number of nitrogens with one attached hydrogen (secondary N) is 2. The lowest BCUT2D eigenvalue weighted by atomic mass is 10.1. The number of rotatable bonds is 7. The van der Waals surface area contributed by atoms with Gasteiger partial charge in [0.05, 0.1) is 5.56 Å². The van der Waals surface area contributed by atoms with Gasteiger partial charge in [0, 0.05) is 25.2 Å². The SMILES string of the molecule is CC(C)CCN=C(N)NCCNC(=O)c1ccc(C(F)(F)F)cc1. The first-order valence-electron chi connectivity index (χ1n) is 7.69. The summed E-state index contributed by atoms with van der Waals surface area (Å²) in [5, 5.41) is 5.45. The molecule has 0 saturated carbocycles. The standard InChI is InChI=1S/C16H23F3N4O/c1-11(2)7-8-22-15(20)23-10-9-21-14(24)12-3-5-13(6-4-12)16(17,18)19/h3-6,11H,7-10H2,1-2H3,(H,21,24)(H3,20,22,23). The van der Waals surface area contributed by atoms with Crippen molar-refractivity contribution in [3.8, 4) is 0 Å². The molecule has 4 N–H and O–H groups in total. The maximum atomic E-state index is 12.4. The predicted octanol–water partition coefficient (Wildman–Crippen LogP) is 2.39. The molecule has 24 heavy (non-hydrogen) atoms. The Kier molecular flexibility index (Phi) is 7.54. The van der Waals surface area contributed by atoms with E-state index in [9.17, 15) is 18.0 Å². The summed E-state index contributed by atoms with van der Waals surface area (Å²) in [7, 11) is 0. The van der Waals surface area contributed by atoms with E-state index in [2.05, 4.69) is 29.5 Å². The van der Waals surface area contributed by atoms with Gasteiger partial charge < -0.3 is 16.4 Å². The summed E-state index contributed by atoms with van der Waals surface area (Å²) in [5.41, 5.74) is 5.05. The number of carbonyl (C=O) groups is 1. The molecule has 0 bridgehead atoms. The van der Waals surface area contributed by atoms with Crippen LogP contribution in [0, 0.1) is 5.92 Å². The van der Waals surface area contributed by atoms with Gasteiger partial charge in [-0.15, -0.1) is 0 Å². The number of guanidine groups is 1. The second kappa shape index (κ2) is 9.14. The Morgan fingerprint density at radius 2 is 1.75 bits per heavy atom. The lowest BCUT2D eigenvalue weighted by molar-refractivity contribution is -0.137. The number of nitrogens with zero attached hydrogens (tertiary/aromatic N) is 1. The van der Waals surface area contributed by atoms with Gasteiger partial charge in [-0.2, -0.15) is 13.2 Å². The predicted molar refractivity (Wildman–Crippen MR) is 87.7 cm³/mol. The van der Waals surface area contributed by atoms with E-state index in [-0.39, 0.29) is 12.1 Å². The average molecular weight is 344 g/mol. The van der Waals surface area contributed by atoms with Crippen LogP contribution < -0.4 is 16.4 Å². The van der Waals surface area contributed by atoms with Gasteiger partial charge in [0.2, 0.25) is 0 Å². The molecule has 0 unspecified atom stereocenters. The second-order valence-electron chi connectivity index (χ2n) is 5.71. The Balaban J connectivity index is 2.34. The Bertz CT molecular complexity index is 553. The third-order valence-electron chi connectivity index (χ3n) is 3.18. The lowest BCUT2D eigenvalue weighted by Crippen LogP contribution is -2.38. The van der Waals surface area contributed by atoms with Crippen LogP contribution >= 0.6 is 0 Å². The molecule has 0 aliphatic rings. The van der Waals surface area contributed by atoms with E-state index >= 15 is 0 Å². The van der Waals surface area contributed by atoms with E-state index in [0.29, 0.717) is 25.0 Å². The molecule has 0 radical (unpaired) electrons. The van der Waals surface area contributed by atoms with Crippen molar-refractivity contribution in [2.75, 3.05) is 19.6 Å². The smallest absolute Gasteiger partial charge is 0.370 e. The summed E-state index contributed by atoms with van der Waals surface area (Å²) >= 11 is 0. The minimum absolute atomic E-state index is 0.168. The van der Waals surface area contributed by atoms with E-state index in [1.807, 2.05) is 0 Å². The van der Waals surface area contributed by atoms with Crippen molar-refractivity contribution in [2.24, 2.45) is 16.6 Å². The second-order valence-corrected chi connectivity index (χ2v) is 5.71. The summed E-state index contributed by atoms with van der Waals surface area (Å²) in [5.74, 6) is 0.407. The van der Waals surface area contributed by atoms with Crippen molar-refractivity contribution < 1.29 is 18.0 Å². The zero-order valence-electron chi connectivity index (χ0n) is 13.8. The van der Waals surface area contributed by atoms with Crippen molar-refractivity contribution in [3.63, 3.8) is 0 Å². The van der Waals surface area contributed by atoms with E-state index in [4.69, 9.17) is 5.73 Å². The fraction of sp³-hybridized carbons (Fsp3) is 0.500. The third kappa shape index (κ3) is 7.34. The molecule has 8 heteroatoms. The molecule has 0 spiro atoms. The maximum Gasteiger partial charge on any atom is 0.416 e. The number of aliphatic imine (C=N–C) groups is 1. The van der Waals surface area contributed by atoms with E-state index in [1.54, 1.807) is 0 Å². The van der Waals surface area contributed by atoms with Crippen LogP contribution in [0.15, 0.2) is 29.3 Å². The van der Waals surface area contributed by atoms with Crippen LogP contribution in [-0.4, -0.2) is 31.5 Å². The number of nitrogens with two attached hydrogens (primary N) is 1. The molecule has 1 amide bonds. The van der Waals surface area contributed by atoms with Crippen molar-refractivity contribution in [1.82, 2.24) is 10.6 Å². The van der Waals surface area contributed by atoms with Gasteiger partial charge in [-0.3, -0.25) is 9.79 Å². The van der Waals surface area contributed by atoms with E-state index in [0.717, 1.165) is 30.7 Å². The van der Waals surface area contributed by atoms with Crippen LogP contribution in [0.1, 0.15) is 36.2 Å². The number of alkyl halides is 3. The summed E-state index contributed by atoms with van der Waals surface area (Å²) in [6, 6.07) is 4.06. The summed E-state index contributed by atoms with van der Waals surface area (Å²) in [6.07, 6.45) is -3.47. The quantitative estimate of drug-likeness (QED) is 0.404. The molecule has 1 rings (SSSR count). The van der Waals surface area contributed by atoms with Crippen LogP contribution in [0.5, 0.6) is 0 Å². The molecule has 134 valence electrons. The summed E-state index contributed by atoms with van der Waals surface area (Å²) < 4.78 is 37.3. The fourth-order valence-electron chi connectivity index (χ4n) is 1.78. The minimum atomic E-state index is -4.41. The highest BCUT2D eigenvalue weighted by atomic mass is 19.4. The van der Waals surface area contributed by atoms with E-state index in [1.165, 1.54) is 0 Å². The van der Waals surface area contributed by atoms with Crippen LogP contribution in [-0.2, 0) is 6.18 Å². The highest BCUT2D eigenvalue weighted by Crippen LogP contribution is 2.28. The number of carbonyl (C=O) groups excluding carboxylic acids is 1. The molecule has 0 atom stereocenters. The zero-order valence-corrected chi connectivity index (χ0v) is 13.8. The van der Waals surface area contributed by atoms with Gasteiger partial charge in [0.1, 0.15) is 0 Å². The Labute approximate surface area is 139 Å². The fourth-order valence-corrected chi connectivity index (χ4v) is 1.78. The molecule has 1 aromatic carbocycles. The van der Waals surface area contributed by atoms with Gasteiger partial charge in [-0.05, 0) is 36.6 Å². The molecule has 0 aliphatic carbocycles. The first-order valence-corrected chi connectivity index (χ1v) is 7.69. The Morgan fingerprint density at radius 3 is 2.29 bits per heavy atom. The van der Waals surface area contributed by atoms with Gasteiger partial charge in [-0.1, -0.05) is 13.8 Å². The Morgan fingerprint density at radius 1 is 1.17 bits per heavy atom. The molecule has 0 aliphatic heterocycles. The van der Waals surface area contributed by atoms with Crippen molar-refractivity contribution >= 4 is 11.9 Å². The number of amides is 1. The first-order chi connectivity index (χ1) is 11.2. The van der Waals surface area contributed by atoms with Crippen molar-refractivity contribution in [1.29, 1.82) is 0 Å². The van der Waals surface area contributed by atoms with Crippen molar-refractivity contribution in [3.05, 3.63) is 35.4 Å². The van der Waals surface area contributed by atoms with E-state index < -0.39 is 17.6 Å². The molecule has 0 heterocycles. The molecule has 5 nitrogen and oxygen atoms in total. The number of hydrogen-bond acceptors (Lipinski definition) is 2. The molecule has 1 aromatic rings. The first kappa shape index (κ1) is 19.8. The van der Waals surface area contributed by atoms with Crippen LogP contribution in [0.2, 0.25) is 0 Å². The normalized spacial score (nSPS) is 12.3. The number of halogens is 3.